The van der Waals surface area contributed by atoms with Crippen molar-refractivity contribution in [2.75, 3.05) is 12.4 Å². The smallest absolute Gasteiger partial charge is 0.207 e. The van der Waals surface area contributed by atoms with Gasteiger partial charge in [-0.05, 0) is 6.07 Å². The summed E-state index contributed by atoms with van der Waals surface area (Å²) < 4.78 is 7.18. The van der Waals surface area contributed by atoms with Crippen LogP contribution in [0.15, 0.2) is 49.3 Å². The highest BCUT2D eigenvalue weighted by molar-refractivity contribution is 5.58. The molecule has 0 fully saturated rings. The van der Waals surface area contributed by atoms with Gasteiger partial charge in [0.25, 0.3) is 0 Å². The number of imidazole rings is 1. The van der Waals surface area contributed by atoms with Crippen molar-refractivity contribution in [1.29, 1.82) is 0 Å². The summed E-state index contributed by atoms with van der Waals surface area (Å²) in [6.45, 7) is 5.04. The fourth-order valence-electron chi connectivity index (χ4n) is 1.76. The lowest BCUT2D eigenvalue weighted by Gasteiger charge is -2.12. The van der Waals surface area contributed by atoms with E-state index >= 15 is 0 Å². The maximum absolute atomic E-state index is 5.18. The molecule has 0 saturated carbocycles. The van der Waals surface area contributed by atoms with Crippen LogP contribution < -0.4 is 5.32 Å². The molecule has 0 aliphatic heterocycles. The molecule has 0 spiro atoms. The van der Waals surface area contributed by atoms with E-state index in [-0.39, 0.29) is 0 Å². The molecule has 18 heavy (non-hydrogen) atoms. The van der Waals surface area contributed by atoms with Crippen molar-refractivity contribution in [2.24, 2.45) is 0 Å². The molecule has 1 aromatic heterocycles. The lowest BCUT2D eigenvalue weighted by molar-refractivity contribution is 0.185. The van der Waals surface area contributed by atoms with Gasteiger partial charge in [0.1, 0.15) is 0 Å². The molecule has 2 aromatic rings. The number of para-hydroxylation sites is 1. The number of hydrogen-bond donors (Lipinski definition) is 1. The number of rotatable bonds is 6. The zero-order valence-electron chi connectivity index (χ0n) is 10.5. The number of nitrogens with one attached hydrogen (secondary N) is 1. The largest absolute Gasteiger partial charge is 0.380 e. The van der Waals surface area contributed by atoms with Crippen molar-refractivity contribution in [2.45, 2.75) is 13.2 Å². The van der Waals surface area contributed by atoms with Crippen LogP contribution in [0.2, 0.25) is 0 Å². The highest BCUT2D eigenvalue weighted by Crippen LogP contribution is 2.20. The van der Waals surface area contributed by atoms with E-state index in [1.165, 1.54) is 0 Å². The van der Waals surface area contributed by atoms with Crippen molar-refractivity contribution >= 4 is 11.6 Å². The maximum Gasteiger partial charge on any atom is 0.207 e. The number of allylic oxidation sites excluding steroid dienone is 1. The minimum absolute atomic E-state index is 0.575. The van der Waals surface area contributed by atoms with Gasteiger partial charge in [-0.1, -0.05) is 24.3 Å². The number of nitrogens with zero attached hydrogens (tertiary/aromatic N) is 2. The van der Waals surface area contributed by atoms with Crippen LogP contribution in [0, 0.1) is 0 Å². The van der Waals surface area contributed by atoms with Crippen LogP contribution >= 0.6 is 0 Å². The number of anilines is 2. The molecule has 0 aliphatic carbocycles. The van der Waals surface area contributed by atoms with Gasteiger partial charge in [0, 0.05) is 37.3 Å². The fraction of sp³-hybridized carbons (Fsp3) is 0.214. The Hall–Kier alpha value is -2.07. The van der Waals surface area contributed by atoms with Gasteiger partial charge in [-0.3, -0.25) is 0 Å². The van der Waals surface area contributed by atoms with Crippen LogP contribution in [0.1, 0.15) is 5.56 Å². The number of methoxy groups -OCH3 is 1. The lowest BCUT2D eigenvalue weighted by Crippen LogP contribution is -2.04. The minimum Gasteiger partial charge on any atom is -0.380 e. The summed E-state index contributed by atoms with van der Waals surface area (Å²) in [5, 5.41) is 3.31. The second-order valence-corrected chi connectivity index (χ2v) is 3.91. The van der Waals surface area contributed by atoms with Crippen molar-refractivity contribution in [3.63, 3.8) is 0 Å². The van der Waals surface area contributed by atoms with Gasteiger partial charge >= 0.3 is 0 Å². The Balaban J connectivity index is 2.22. The third kappa shape index (κ3) is 2.78. The Bertz CT molecular complexity index is 519. The number of benzene rings is 1. The molecule has 94 valence electrons. The Kier molecular flexibility index (Phi) is 4.15. The molecule has 0 radical (unpaired) electrons. The van der Waals surface area contributed by atoms with Crippen molar-refractivity contribution < 1.29 is 4.74 Å². The zero-order chi connectivity index (χ0) is 12.8. The highest BCUT2D eigenvalue weighted by Gasteiger charge is 2.05. The second-order valence-electron chi connectivity index (χ2n) is 3.91. The van der Waals surface area contributed by atoms with E-state index < -0.39 is 0 Å². The van der Waals surface area contributed by atoms with Gasteiger partial charge in [0.2, 0.25) is 5.95 Å². The summed E-state index contributed by atoms with van der Waals surface area (Å²) in [4.78, 5) is 4.29. The molecule has 0 aliphatic rings. The molecule has 0 saturated heterocycles. The van der Waals surface area contributed by atoms with E-state index in [0.717, 1.165) is 23.7 Å². The molecular weight excluding hydrogens is 226 g/mol. The molecular formula is C14H17N3O. The van der Waals surface area contributed by atoms with E-state index in [1.807, 2.05) is 41.1 Å². The number of hydrogen-bond acceptors (Lipinski definition) is 3. The molecule has 1 aromatic carbocycles. The topological polar surface area (TPSA) is 39.1 Å². The Morgan fingerprint density at radius 2 is 2.28 bits per heavy atom. The predicted octanol–water partition coefficient (Wildman–Crippen LogP) is 2.96. The van der Waals surface area contributed by atoms with E-state index in [4.69, 9.17) is 4.74 Å². The Morgan fingerprint density at radius 3 is 3.06 bits per heavy atom. The van der Waals surface area contributed by atoms with E-state index in [0.29, 0.717) is 6.61 Å². The van der Waals surface area contributed by atoms with E-state index in [1.54, 1.807) is 13.3 Å². The van der Waals surface area contributed by atoms with Gasteiger partial charge < -0.3 is 14.6 Å². The molecule has 1 heterocycles. The lowest BCUT2D eigenvalue weighted by atomic mass is 10.2. The van der Waals surface area contributed by atoms with Crippen LogP contribution in [0.4, 0.5) is 11.6 Å². The first-order chi connectivity index (χ1) is 8.85. The van der Waals surface area contributed by atoms with Gasteiger partial charge in [0.15, 0.2) is 0 Å². The normalized spacial score (nSPS) is 10.3. The first kappa shape index (κ1) is 12.4. The minimum atomic E-state index is 0.575. The fourth-order valence-corrected chi connectivity index (χ4v) is 1.76. The Morgan fingerprint density at radius 1 is 1.44 bits per heavy atom. The Labute approximate surface area is 107 Å². The molecule has 4 nitrogen and oxygen atoms in total. The van der Waals surface area contributed by atoms with Crippen LogP contribution in [0.25, 0.3) is 0 Å². The third-order valence-electron chi connectivity index (χ3n) is 2.60. The molecule has 0 amide bonds. The van der Waals surface area contributed by atoms with Crippen LogP contribution in [-0.2, 0) is 17.9 Å². The van der Waals surface area contributed by atoms with Crippen molar-refractivity contribution in [1.82, 2.24) is 9.55 Å². The third-order valence-corrected chi connectivity index (χ3v) is 2.60. The van der Waals surface area contributed by atoms with Gasteiger partial charge in [-0.25, -0.2) is 4.98 Å². The van der Waals surface area contributed by atoms with E-state index in [9.17, 15) is 0 Å². The molecule has 2 rings (SSSR count). The summed E-state index contributed by atoms with van der Waals surface area (Å²) in [6, 6.07) is 8.03. The summed E-state index contributed by atoms with van der Waals surface area (Å²) >= 11 is 0. The van der Waals surface area contributed by atoms with Crippen LogP contribution in [-0.4, -0.2) is 16.7 Å². The average molecular weight is 243 g/mol. The maximum atomic E-state index is 5.18. The number of ether oxygens (including phenoxy) is 1. The summed E-state index contributed by atoms with van der Waals surface area (Å²) in [5.41, 5.74) is 2.11. The second kappa shape index (κ2) is 6.02. The molecule has 0 bridgehead atoms. The molecule has 0 unspecified atom stereocenters. The van der Waals surface area contributed by atoms with E-state index in [2.05, 4.69) is 16.9 Å². The molecule has 0 atom stereocenters. The van der Waals surface area contributed by atoms with Crippen molar-refractivity contribution in [3.8, 4) is 0 Å². The van der Waals surface area contributed by atoms with Crippen LogP contribution in [0.3, 0.4) is 0 Å². The molecule has 4 heteroatoms. The zero-order valence-corrected chi connectivity index (χ0v) is 10.5. The first-order valence-corrected chi connectivity index (χ1v) is 5.81. The molecule has 1 N–H and O–H groups in total. The monoisotopic (exact) mass is 243 g/mol. The first-order valence-electron chi connectivity index (χ1n) is 5.81. The number of aromatic nitrogens is 2. The van der Waals surface area contributed by atoms with Crippen molar-refractivity contribution in [3.05, 3.63) is 54.9 Å². The summed E-state index contributed by atoms with van der Waals surface area (Å²) in [5.74, 6) is 0.804. The van der Waals surface area contributed by atoms with Crippen LogP contribution in [0.5, 0.6) is 0 Å². The quantitative estimate of drug-likeness (QED) is 0.793. The highest BCUT2D eigenvalue weighted by atomic mass is 16.5. The SMILES string of the molecule is C=CCn1ccnc1Nc1ccccc1COC. The standard InChI is InChI=1S/C14H17N3O/c1-3-9-17-10-8-15-14(17)16-13-7-5-4-6-12(13)11-18-2/h3-8,10H,1,9,11H2,2H3,(H,15,16). The summed E-state index contributed by atoms with van der Waals surface area (Å²) in [7, 11) is 1.69. The van der Waals surface area contributed by atoms with Gasteiger partial charge in [0.05, 0.1) is 6.61 Å². The van der Waals surface area contributed by atoms with Gasteiger partial charge in [-0.15, -0.1) is 6.58 Å². The average Bonchev–Trinajstić information content (AvgIpc) is 2.80. The van der Waals surface area contributed by atoms with Gasteiger partial charge in [-0.2, -0.15) is 0 Å². The summed E-state index contributed by atoms with van der Waals surface area (Å²) in [6.07, 6.45) is 5.53. The predicted molar refractivity (Wildman–Crippen MR) is 72.9 cm³/mol.